The molecule has 0 aliphatic rings. The third-order valence-electron chi connectivity index (χ3n) is 4.11. The summed E-state index contributed by atoms with van der Waals surface area (Å²) in [6.45, 7) is 4.12. The zero-order valence-corrected chi connectivity index (χ0v) is 17.8. The Labute approximate surface area is 173 Å². The van der Waals surface area contributed by atoms with Gasteiger partial charge in [-0.25, -0.2) is 8.42 Å². The Morgan fingerprint density at radius 1 is 1.11 bits per heavy atom. The lowest BCUT2D eigenvalue weighted by Crippen LogP contribution is -2.32. The average molecular weight is 446 g/mol. The summed E-state index contributed by atoms with van der Waals surface area (Å²) in [6, 6.07) is 7.29. The molecule has 2 rings (SSSR count). The van der Waals surface area contributed by atoms with Crippen molar-refractivity contribution in [3.8, 4) is 0 Å². The first-order valence-corrected chi connectivity index (χ1v) is 10.8. The van der Waals surface area contributed by atoms with Gasteiger partial charge in [-0.05, 0) is 18.2 Å². The molecule has 0 radical (unpaired) electrons. The van der Waals surface area contributed by atoms with E-state index in [-0.39, 0.29) is 17.9 Å². The Hall–Kier alpha value is -1.87. The van der Waals surface area contributed by atoms with Gasteiger partial charge < -0.3 is 9.88 Å². The summed E-state index contributed by atoms with van der Waals surface area (Å²) in [5.41, 5.74) is -0.108. The highest BCUT2D eigenvalue weighted by molar-refractivity contribution is 7.89. The van der Waals surface area contributed by atoms with Gasteiger partial charge in [-0.15, -0.1) is 0 Å². The molecule has 152 valence electrons. The minimum atomic E-state index is -3.70. The van der Waals surface area contributed by atoms with Gasteiger partial charge in [-0.3, -0.25) is 9.59 Å². The number of nitrogens with zero attached hydrogens (tertiary/aromatic N) is 2. The zero-order valence-electron chi connectivity index (χ0n) is 15.5. The average Bonchev–Trinajstić information content (AvgIpc) is 2.64. The number of halogens is 2. The summed E-state index contributed by atoms with van der Waals surface area (Å²) in [7, 11) is -3.70. The van der Waals surface area contributed by atoms with Crippen molar-refractivity contribution in [3.05, 3.63) is 56.9 Å². The molecule has 7 nitrogen and oxygen atoms in total. The number of para-hydroxylation sites is 1. The van der Waals surface area contributed by atoms with Gasteiger partial charge in [0.05, 0.1) is 20.6 Å². The third-order valence-corrected chi connectivity index (χ3v) is 6.77. The quantitative estimate of drug-likeness (QED) is 0.675. The number of anilines is 1. The second kappa shape index (κ2) is 9.56. The van der Waals surface area contributed by atoms with Crippen molar-refractivity contribution in [2.75, 3.05) is 18.4 Å². The lowest BCUT2D eigenvalue weighted by atomic mass is 10.3. The number of rotatable bonds is 8. The summed E-state index contributed by atoms with van der Waals surface area (Å²) < 4.78 is 27.7. The topological polar surface area (TPSA) is 88.5 Å². The van der Waals surface area contributed by atoms with Gasteiger partial charge in [0.1, 0.15) is 0 Å². The molecule has 0 bridgehead atoms. The molecule has 28 heavy (non-hydrogen) atoms. The number of benzene rings is 1. The first-order chi connectivity index (χ1) is 13.2. The van der Waals surface area contributed by atoms with E-state index in [1.54, 1.807) is 32.0 Å². The standard InChI is InChI=1S/C18H21Cl2N3O4S/c1-3-23(4-2)28(26,27)13-8-9-17(25)22(12-13)11-10-16(24)21-18-14(19)6-5-7-15(18)20/h5-9,12H,3-4,10-11H2,1-2H3,(H,21,24). The van der Waals surface area contributed by atoms with E-state index < -0.39 is 21.5 Å². The molecule has 0 aliphatic heterocycles. The molecule has 1 heterocycles. The van der Waals surface area contributed by atoms with E-state index in [1.807, 2.05) is 0 Å². The molecule has 1 N–H and O–H groups in total. The molecule has 1 amide bonds. The Balaban J connectivity index is 2.16. The van der Waals surface area contributed by atoms with Crippen LogP contribution in [-0.4, -0.2) is 36.3 Å². The first-order valence-electron chi connectivity index (χ1n) is 8.65. The molecule has 1 aromatic heterocycles. The van der Waals surface area contributed by atoms with Crippen LogP contribution < -0.4 is 10.9 Å². The fourth-order valence-electron chi connectivity index (χ4n) is 2.59. The van der Waals surface area contributed by atoms with Gasteiger partial charge in [0, 0.05) is 38.3 Å². The van der Waals surface area contributed by atoms with E-state index >= 15 is 0 Å². The molecule has 0 saturated carbocycles. The van der Waals surface area contributed by atoms with E-state index in [0.717, 1.165) is 0 Å². The van der Waals surface area contributed by atoms with Crippen molar-refractivity contribution in [2.45, 2.75) is 31.7 Å². The maximum atomic E-state index is 12.6. The largest absolute Gasteiger partial charge is 0.323 e. The number of pyridine rings is 1. The van der Waals surface area contributed by atoms with Crippen LogP contribution in [-0.2, 0) is 21.4 Å². The zero-order chi connectivity index (χ0) is 20.9. The molecule has 1 aromatic carbocycles. The van der Waals surface area contributed by atoms with E-state index in [4.69, 9.17) is 23.2 Å². The van der Waals surface area contributed by atoms with Crippen LogP contribution in [0.3, 0.4) is 0 Å². The monoisotopic (exact) mass is 445 g/mol. The van der Waals surface area contributed by atoms with Crippen molar-refractivity contribution < 1.29 is 13.2 Å². The summed E-state index contributed by atoms with van der Waals surface area (Å²) in [5.74, 6) is -0.404. The van der Waals surface area contributed by atoms with Crippen LogP contribution in [0.4, 0.5) is 5.69 Å². The molecule has 0 unspecified atom stereocenters. The number of hydrogen-bond acceptors (Lipinski definition) is 4. The fourth-order valence-corrected chi connectivity index (χ4v) is 4.56. The number of amides is 1. The van der Waals surface area contributed by atoms with Crippen LogP contribution in [0, 0.1) is 0 Å². The van der Waals surface area contributed by atoms with E-state index in [1.165, 1.54) is 27.2 Å². The maximum absolute atomic E-state index is 12.6. The Morgan fingerprint density at radius 2 is 1.71 bits per heavy atom. The number of carbonyl (C=O) groups is 1. The van der Waals surface area contributed by atoms with Crippen LogP contribution in [0.25, 0.3) is 0 Å². The SMILES string of the molecule is CCN(CC)S(=O)(=O)c1ccc(=O)n(CCC(=O)Nc2c(Cl)cccc2Cl)c1. The van der Waals surface area contributed by atoms with Crippen molar-refractivity contribution in [1.82, 2.24) is 8.87 Å². The Bertz CT molecular complexity index is 997. The maximum Gasteiger partial charge on any atom is 0.250 e. The highest BCUT2D eigenvalue weighted by atomic mass is 35.5. The first kappa shape index (κ1) is 22.4. The highest BCUT2D eigenvalue weighted by Gasteiger charge is 2.22. The number of sulfonamides is 1. The summed E-state index contributed by atoms with van der Waals surface area (Å²) >= 11 is 12.0. The van der Waals surface area contributed by atoms with E-state index in [0.29, 0.717) is 28.8 Å². The highest BCUT2D eigenvalue weighted by Crippen LogP contribution is 2.29. The molecular formula is C18H21Cl2N3O4S. The smallest absolute Gasteiger partial charge is 0.250 e. The van der Waals surface area contributed by atoms with Gasteiger partial charge in [0.15, 0.2) is 0 Å². The van der Waals surface area contributed by atoms with Crippen molar-refractivity contribution in [3.63, 3.8) is 0 Å². The molecule has 2 aromatic rings. The van der Waals surface area contributed by atoms with Gasteiger partial charge in [0.2, 0.25) is 15.9 Å². The van der Waals surface area contributed by atoms with Gasteiger partial charge >= 0.3 is 0 Å². The summed E-state index contributed by atoms with van der Waals surface area (Å²) in [5, 5.41) is 3.20. The van der Waals surface area contributed by atoms with Gasteiger partial charge in [-0.1, -0.05) is 43.1 Å². The van der Waals surface area contributed by atoms with Crippen LogP contribution in [0.2, 0.25) is 10.0 Å². The Morgan fingerprint density at radius 3 is 2.29 bits per heavy atom. The molecule has 0 aliphatic carbocycles. The lowest BCUT2D eigenvalue weighted by Gasteiger charge is -2.19. The van der Waals surface area contributed by atoms with Crippen LogP contribution in [0.5, 0.6) is 0 Å². The second-order valence-electron chi connectivity index (χ2n) is 5.88. The van der Waals surface area contributed by atoms with Crippen molar-refractivity contribution in [2.24, 2.45) is 0 Å². The van der Waals surface area contributed by atoms with Gasteiger partial charge in [-0.2, -0.15) is 4.31 Å². The fraction of sp³-hybridized carbons (Fsp3) is 0.333. The van der Waals surface area contributed by atoms with Crippen molar-refractivity contribution >= 4 is 44.8 Å². The molecule has 0 saturated heterocycles. The van der Waals surface area contributed by atoms with Crippen molar-refractivity contribution in [1.29, 1.82) is 0 Å². The number of carbonyl (C=O) groups excluding carboxylic acids is 1. The van der Waals surface area contributed by atoms with E-state index in [2.05, 4.69) is 5.32 Å². The normalized spacial score (nSPS) is 11.6. The number of hydrogen-bond donors (Lipinski definition) is 1. The summed E-state index contributed by atoms with van der Waals surface area (Å²) in [6.07, 6.45) is 1.20. The number of aryl methyl sites for hydroxylation is 1. The molecule has 0 atom stereocenters. The predicted octanol–water partition coefficient (Wildman–Crippen LogP) is 3.21. The third kappa shape index (κ3) is 5.14. The lowest BCUT2D eigenvalue weighted by molar-refractivity contribution is -0.116. The predicted molar refractivity (Wildman–Crippen MR) is 111 cm³/mol. The van der Waals surface area contributed by atoms with Crippen LogP contribution in [0.1, 0.15) is 20.3 Å². The molecule has 0 fully saturated rings. The molecular weight excluding hydrogens is 425 g/mol. The number of aromatic nitrogens is 1. The van der Waals surface area contributed by atoms with E-state index in [9.17, 15) is 18.0 Å². The minimum Gasteiger partial charge on any atom is -0.323 e. The number of nitrogens with one attached hydrogen (secondary N) is 1. The Kier molecular flexibility index (Phi) is 7.65. The molecule has 0 spiro atoms. The minimum absolute atomic E-state index is 0.00496. The van der Waals surface area contributed by atoms with Gasteiger partial charge in [0.25, 0.3) is 5.56 Å². The molecule has 10 heteroatoms. The van der Waals surface area contributed by atoms with Crippen LogP contribution in [0.15, 0.2) is 46.2 Å². The second-order valence-corrected chi connectivity index (χ2v) is 8.63. The van der Waals surface area contributed by atoms with Crippen LogP contribution >= 0.6 is 23.2 Å². The summed E-state index contributed by atoms with van der Waals surface area (Å²) in [4.78, 5) is 24.3.